The molecule has 0 bridgehead atoms. The summed E-state index contributed by atoms with van der Waals surface area (Å²) in [6.07, 6.45) is 8.85. The van der Waals surface area contributed by atoms with E-state index in [9.17, 15) is 9.59 Å². The van der Waals surface area contributed by atoms with E-state index in [1.807, 2.05) is 35.5 Å². The molecule has 6 rings (SSSR count). The standard InChI is InChI=1S/C25H27N7O2/c1-16(33)31-11-3-5-23(31)25(34)30-12-7-17(8-13-30)21-14-19-18(6-10-26-24(19)29-21)20-15-28-32-22(20)4-2-9-27-32/h2,4,6,9-10,14-15,17,23H,3,5,7-8,11-13H2,1H3,(H,26,29)/t23-/m1/s1. The number of nitrogens with one attached hydrogen (secondary N) is 1. The summed E-state index contributed by atoms with van der Waals surface area (Å²) >= 11 is 0. The van der Waals surface area contributed by atoms with Gasteiger partial charge in [0.2, 0.25) is 11.8 Å². The summed E-state index contributed by atoms with van der Waals surface area (Å²) in [7, 11) is 0. The van der Waals surface area contributed by atoms with Crippen molar-refractivity contribution in [1.82, 2.24) is 34.6 Å². The molecule has 174 valence electrons. The van der Waals surface area contributed by atoms with Gasteiger partial charge in [-0.05, 0) is 55.5 Å². The number of fused-ring (bicyclic) bond motifs is 2. The zero-order valence-corrected chi connectivity index (χ0v) is 19.1. The SMILES string of the molecule is CC(=O)N1CCC[C@@H]1C(=O)N1CCC(c2cc3c(-c4cnn5ncccc45)ccnc3[nH]2)CC1. The Labute approximate surface area is 196 Å². The molecule has 9 nitrogen and oxygen atoms in total. The molecule has 0 saturated carbocycles. The minimum atomic E-state index is -0.283. The van der Waals surface area contributed by atoms with Gasteiger partial charge in [-0.2, -0.15) is 14.8 Å². The highest BCUT2D eigenvalue weighted by Gasteiger charge is 2.36. The van der Waals surface area contributed by atoms with Crippen molar-refractivity contribution in [2.45, 2.75) is 44.6 Å². The van der Waals surface area contributed by atoms with Gasteiger partial charge in [0.1, 0.15) is 11.7 Å². The number of nitrogens with zero attached hydrogens (tertiary/aromatic N) is 6. The lowest BCUT2D eigenvalue weighted by atomic mass is 9.92. The highest BCUT2D eigenvalue weighted by molar-refractivity contribution is 5.97. The van der Waals surface area contributed by atoms with Gasteiger partial charge in [-0.25, -0.2) is 4.98 Å². The van der Waals surface area contributed by atoms with Crippen LogP contribution in [0.15, 0.2) is 42.9 Å². The van der Waals surface area contributed by atoms with E-state index in [2.05, 4.69) is 26.2 Å². The Kier molecular flexibility index (Phi) is 5.04. The minimum Gasteiger partial charge on any atom is -0.343 e. The molecular formula is C25H27N7O2. The summed E-state index contributed by atoms with van der Waals surface area (Å²) < 4.78 is 1.64. The Morgan fingerprint density at radius 2 is 1.88 bits per heavy atom. The Hall–Kier alpha value is -3.75. The predicted molar refractivity (Wildman–Crippen MR) is 127 cm³/mol. The zero-order valence-electron chi connectivity index (χ0n) is 19.1. The highest BCUT2D eigenvalue weighted by Crippen LogP contribution is 2.35. The van der Waals surface area contributed by atoms with Crippen molar-refractivity contribution < 1.29 is 9.59 Å². The maximum Gasteiger partial charge on any atom is 0.245 e. The lowest BCUT2D eigenvalue weighted by Gasteiger charge is -2.35. The molecule has 1 atom stereocenters. The molecule has 0 radical (unpaired) electrons. The average Bonchev–Trinajstić information content (AvgIpc) is 3.61. The first kappa shape index (κ1) is 20.8. The van der Waals surface area contributed by atoms with Crippen LogP contribution in [0.3, 0.4) is 0 Å². The van der Waals surface area contributed by atoms with Crippen molar-refractivity contribution in [2.24, 2.45) is 0 Å². The van der Waals surface area contributed by atoms with Gasteiger partial charge in [-0.15, -0.1) is 0 Å². The highest BCUT2D eigenvalue weighted by atomic mass is 16.2. The average molecular weight is 458 g/mol. The third-order valence-corrected chi connectivity index (χ3v) is 7.34. The van der Waals surface area contributed by atoms with Crippen molar-refractivity contribution in [3.63, 3.8) is 0 Å². The zero-order chi connectivity index (χ0) is 23.2. The Bertz CT molecular complexity index is 1380. The van der Waals surface area contributed by atoms with Crippen molar-refractivity contribution in [1.29, 1.82) is 0 Å². The van der Waals surface area contributed by atoms with E-state index in [1.54, 1.807) is 22.7 Å². The van der Waals surface area contributed by atoms with E-state index in [4.69, 9.17) is 0 Å². The lowest BCUT2D eigenvalue weighted by Crippen LogP contribution is -2.49. The number of piperidine rings is 1. The van der Waals surface area contributed by atoms with Gasteiger partial charge in [0, 0.05) is 61.5 Å². The van der Waals surface area contributed by atoms with Crippen LogP contribution in [0.5, 0.6) is 0 Å². The largest absolute Gasteiger partial charge is 0.343 e. The van der Waals surface area contributed by atoms with E-state index in [1.165, 1.54) is 0 Å². The number of carbonyl (C=O) groups excluding carboxylic acids is 2. The van der Waals surface area contributed by atoms with Gasteiger partial charge < -0.3 is 14.8 Å². The summed E-state index contributed by atoms with van der Waals surface area (Å²) in [6, 6.07) is 7.87. The van der Waals surface area contributed by atoms with Crippen LogP contribution in [0, 0.1) is 0 Å². The van der Waals surface area contributed by atoms with Crippen molar-refractivity contribution in [3.8, 4) is 11.1 Å². The van der Waals surface area contributed by atoms with Gasteiger partial charge in [-0.1, -0.05) is 0 Å². The second-order valence-corrected chi connectivity index (χ2v) is 9.27. The number of rotatable bonds is 3. The number of aromatic amines is 1. The van der Waals surface area contributed by atoms with Gasteiger partial charge in [0.15, 0.2) is 0 Å². The van der Waals surface area contributed by atoms with Crippen LogP contribution in [0.1, 0.15) is 44.2 Å². The molecule has 0 aromatic carbocycles. The molecule has 6 heterocycles. The summed E-state index contributed by atoms with van der Waals surface area (Å²) in [5.74, 6) is 0.437. The van der Waals surface area contributed by atoms with Gasteiger partial charge in [0.05, 0.1) is 11.7 Å². The van der Waals surface area contributed by atoms with E-state index in [0.29, 0.717) is 25.6 Å². The van der Waals surface area contributed by atoms with Crippen LogP contribution < -0.4 is 0 Å². The molecule has 4 aromatic heterocycles. The third kappa shape index (κ3) is 3.43. The number of aromatic nitrogens is 5. The Morgan fingerprint density at radius 3 is 2.71 bits per heavy atom. The van der Waals surface area contributed by atoms with Gasteiger partial charge >= 0.3 is 0 Å². The molecule has 2 amide bonds. The number of likely N-dealkylation sites (tertiary alicyclic amines) is 2. The molecule has 0 aliphatic carbocycles. The summed E-state index contributed by atoms with van der Waals surface area (Å²) in [5.41, 5.74) is 5.07. The summed E-state index contributed by atoms with van der Waals surface area (Å²) in [6.45, 7) is 3.66. The van der Waals surface area contributed by atoms with Crippen LogP contribution in [-0.4, -0.2) is 72.1 Å². The molecule has 2 saturated heterocycles. The van der Waals surface area contributed by atoms with Crippen molar-refractivity contribution in [3.05, 3.63) is 48.5 Å². The number of H-pyrrole nitrogens is 1. The lowest BCUT2D eigenvalue weighted by molar-refractivity contribution is -0.143. The first-order chi connectivity index (χ1) is 16.6. The summed E-state index contributed by atoms with van der Waals surface area (Å²) in [5, 5.41) is 9.73. The van der Waals surface area contributed by atoms with Crippen LogP contribution in [0.4, 0.5) is 0 Å². The molecule has 34 heavy (non-hydrogen) atoms. The molecule has 2 aliphatic heterocycles. The third-order valence-electron chi connectivity index (χ3n) is 7.34. The molecule has 0 unspecified atom stereocenters. The fourth-order valence-electron chi connectivity index (χ4n) is 5.56. The second kappa shape index (κ2) is 8.23. The fourth-order valence-corrected chi connectivity index (χ4v) is 5.56. The van der Waals surface area contributed by atoms with E-state index >= 15 is 0 Å². The first-order valence-corrected chi connectivity index (χ1v) is 11.9. The van der Waals surface area contributed by atoms with E-state index in [-0.39, 0.29) is 17.9 Å². The molecule has 1 N–H and O–H groups in total. The molecule has 0 spiro atoms. The number of hydrogen-bond donors (Lipinski definition) is 1. The molecule has 2 aliphatic rings. The minimum absolute atomic E-state index is 0.00546. The fraction of sp³-hybridized carbons (Fsp3) is 0.400. The first-order valence-electron chi connectivity index (χ1n) is 11.9. The molecular weight excluding hydrogens is 430 g/mol. The second-order valence-electron chi connectivity index (χ2n) is 9.27. The number of pyridine rings is 1. The van der Waals surface area contributed by atoms with Crippen LogP contribution in [0.2, 0.25) is 0 Å². The topological polar surface area (TPSA) is 99.5 Å². The Morgan fingerprint density at radius 1 is 1.03 bits per heavy atom. The maximum atomic E-state index is 13.1. The number of amides is 2. The number of hydrogen-bond acceptors (Lipinski definition) is 5. The van der Waals surface area contributed by atoms with Crippen LogP contribution in [0.25, 0.3) is 27.7 Å². The monoisotopic (exact) mass is 457 g/mol. The molecule has 9 heteroatoms. The van der Waals surface area contributed by atoms with Crippen molar-refractivity contribution >= 4 is 28.4 Å². The summed E-state index contributed by atoms with van der Waals surface area (Å²) in [4.78, 5) is 36.7. The van der Waals surface area contributed by atoms with Crippen LogP contribution >= 0.6 is 0 Å². The van der Waals surface area contributed by atoms with Crippen LogP contribution in [-0.2, 0) is 9.59 Å². The van der Waals surface area contributed by atoms with Gasteiger partial charge in [0.25, 0.3) is 0 Å². The molecule has 2 fully saturated rings. The Balaban J connectivity index is 1.22. The smallest absolute Gasteiger partial charge is 0.245 e. The maximum absolute atomic E-state index is 13.1. The normalized spacial score (nSPS) is 19.4. The number of carbonyl (C=O) groups is 2. The molecule has 4 aromatic rings. The van der Waals surface area contributed by atoms with E-state index < -0.39 is 0 Å². The van der Waals surface area contributed by atoms with Gasteiger partial charge in [-0.3, -0.25) is 9.59 Å². The quantitative estimate of drug-likeness (QED) is 0.510. The van der Waals surface area contributed by atoms with E-state index in [0.717, 1.165) is 59.1 Å². The van der Waals surface area contributed by atoms with Crippen molar-refractivity contribution in [2.75, 3.05) is 19.6 Å². The predicted octanol–water partition coefficient (Wildman–Crippen LogP) is 2.99.